The summed E-state index contributed by atoms with van der Waals surface area (Å²) in [5.41, 5.74) is 2.12. The fourth-order valence-corrected chi connectivity index (χ4v) is 4.12. The highest BCUT2D eigenvalue weighted by molar-refractivity contribution is 5.97. The molecule has 0 aromatic heterocycles. The van der Waals surface area contributed by atoms with Crippen molar-refractivity contribution in [3.63, 3.8) is 0 Å². The van der Waals surface area contributed by atoms with Gasteiger partial charge in [-0.2, -0.15) is 0 Å². The number of amides is 2. The first kappa shape index (κ1) is 22.5. The Hall–Kier alpha value is -3.71. The van der Waals surface area contributed by atoms with Gasteiger partial charge in [0.15, 0.2) is 0 Å². The van der Waals surface area contributed by atoms with Gasteiger partial charge in [0.25, 0.3) is 0 Å². The highest BCUT2D eigenvalue weighted by atomic mass is 16.5. The zero-order valence-electron chi connectivity index (χ0n) is 18.5. The molecule has 0 spiro atoms. The van der Waals surface area contributed by atoms with Crippen molar-refractivity contribution in [1.29, 1.82) is 0 Å². The monoisotopic (exact) mass is 445 g/mol. The molecule has 1 fully saturated rings. The number of nitrogens with zero attached hydrogens (tertiary/aromatic N) is 1. The van der Waals surface area contributed by atoms with Crippen LogP contribution in [-0.4, -0.2) is 37.5 Å². The second-order valence-electron chi connectivity index (χ2n) is 7.88. The predicted octanol–water partition coefficient (Wildman–Crippen LogP) is 3.80. The molecule has 2 N–H and O–H groups in total. The van der Waals surface area contributed by atoms with Crippen LogP contribution in [0, 0.1) is 0 Å². The van der Waals surface area contributed by atoms with Crippen LogP contribution in [-0.2, 0) is 19.1 Å². The Balaban J connectivity index is 1.47. The summed E-state index contributed by atoms with van der Waals surface area (Å²) < 4.78 is 5.27. The molecule has 3 aromatic carbocycles. The Morgan fingerprint density at radius 1 is 1.06 bits per heavy atom. The fourth-order valence-electron chi connectivity index (χ4n) is 4.12. The summed E-state index contributed by atoms with van der Waals surface area (Å²) in [6.45, 7) is 2.60. The van der Waals surface area contributed by atoms with Gasteiger partial charge >= 0.3 is 5.97 Å². The predicted molar refractivity (Wildman–Crippen MR) is 128 cm³/mol. The molecule has 1 saturated heterocycles. The smallest absolute Gasteiger partial charge is 0.327 e. The molecule has 170 valence electrons. The van der Waals surface area contributed by atoms with E-state index in [1.54, 1.807) is 24.0 Å². The average Bonchev–Trinajstić information content (AvgIpc) is 3.25. The van der Waals surface area contributed by atoms with E-state index in [0.717, 1.165) is 28.4 Å². The molecular formula is C26H27N3O4. The third kappa shape index (κ3) is 5.21. The minimum absolute atomic E-state index is 0.0838. The second kappa shape index (κ2) is 10.3. The van der Waals surface area contributed by atoms with Crippen LogP contribution in [0.15, 0.2) is 66.7 Å². The van der Waals surface area contributed by atoms with Gasteiger partial charge < -0.3 is 15.0 Å². The number of benzene rings is 3. The van der Waals surface area contributed by atoms with Crippen molar-refractivity contribution in [1.82, 2.24) is 5.32 Å². The molecule has 1 aliphatic heterocycles. The lowest BCUT2D eigenvalue weighted by Gasteiger charge is -2.20. The zero-order valence-corrected chi connectivity index (χ0v) is 18.5. The van der Waals surface area contributed by atoms with Crippen LogP contribution in [0.1, 0.15) is 31.4 Å². The van der Waals surface area contributed by atoms with Crippen molar-refractivity contribution in [2.75, 3.05) is 29.9 Å². The quantitative estimate of drug-likeness (QED) is 0.515. The topological polar surface area (TPSA) is 87.7 Å². The summed E-state index contributed by atoms with van der Waals surface area (Å²) in [6.07, 6.45) is 1.38. The highest BCUT2D eigenvalue weighted by Gasteiger charge is 2.25. The third-order valence-electron chi connectivity index (χ3n) is 5.64. The number of carbonyl (C=O) groups is 3. The number of hydrogen-bond donors (Lipinski definition) is 2. The minimum atomic E-state index is -0.782. The first-order chi connectivity index (χ1) is 16.1. The number of hydrogen-bond acceptors (Lipinski definition) is 5. The van der Waals surface area contributed by atoms with Gasteiger partial charge in [-0.1, -0.05) is 48.5 Å². The molecule has 1 heterocycles. The molecule has 7 nitrogen and oxygen atoms in total. The number of anilines is 2. The van der Waals surface area contributed by atoms with Crippen molar-refractivity contribution in [3.8, 4) is 0 Å². The van der Waals surface area contributed by atoms with E-state index in [2.05, 4.69) is 10.6 Å². The van der Waals surface area contributed by atoms with Crippen LogP contribution in [0.25, 0.3) is 10.8 Å². The van der Waals surface area contributed by atoms with Crippen molar-refractivity contribution in [2.45, 2.75) is 25.8 Å². The Morgan fingerprint density at radius 2 is 1.85 bits per heavy atom. The molecule has 3 aromatic rings. The van der Waals surface area contributed by atoms with E-state index in [1.807, 2.05) is 54.6 Å². The molecule has 1 atom stereocenters. The molecule has 33 heavy (non-hydrogen) atoms. The van der Waals surface area contributed by atoms with E-state index in [9.17, 15) is 14.4 Å². The van der Waals surface area contributed by atoms with Crippen molar-refractivity contribution in [2.24, 2.45) is 0 Å². The lowest BCUT2D eigenvalue weighted by molar-refractivity contribution is -0.145. The van der Waals surface area contributed by atoms with E-state index in [1.165, 1.54) is 0 Å². The van der Waals surface area contributed by atoms with Gasteiger partial charge in [0.05, 0.1) is 13.2 Å². The van der Waals surface area contributed by atoms with Crippen LogP contribution in [0.4, 0.5) is 11.4 Å². The molecule has 0 radical (unpaired) electrons. The maximum absolute atomic E-state index is 12.7. The van der Waals surface area contributed by atoms with Gasteiger partial charge in [-0.25, -0.2) is 4.79 Å². The second-order valence-corrected chi connectivity index (χ2v) is 7.88. The lowest BCUT2D eigenvalue weighted by Crippen LogP contribution is -2.36. The average molecular weight is 446 g/mol. The highest BCUT2D eigenvalue weighted by Crippen LogP contribution is 2.26. The molecule has 4 rings (SSSR count). The van der Waals surface area contributed by atoms with Crippen molar-refractivity contribution in [3.05, 3.63) is 72.3 Å². The summed E-state index contributed by atoms with van der Waals surface area (Å²) in [5.74, 6) is -0.641. The number of fused-ring (bicyclic) bond motifs is 1. The Kier molecular flexibility index (Phi) is 7.00. The van der Waals surface area contributed by atoms with Crippen LogP contribution in [0.3, 0.4) is 0 Å². The normalized spacial score (nSPS) is 14.3. The molecule has 7 heteroatoms. The molecule has 0 aliphatic carbocycles. The molecule has 0 saturated carbocycles. The van der Waals surface area contributed by atoms with Gasteiger partial charge in [0, 0.05) is 24.3 Å². The number of esters is 1. The van der Waals surface area contributed by atoms with Gasteiger partial charge in [0.2, 0.25) is 11.8 Å². The van der Waals surface area contributed by atoms with Crippen molar-refractivity contribution >= 4 is 39.9 Å². The maximum atomic E-state index is 12.7. The Morgan fingerprint density at radius 3 is 2.64 bits per heavy atom. The van der Waals surface area contributed by atoms with Crippen LogP contribution < -0.4 is 15.5 Å². The van der Waals surface area contributed by atoms with E-state index in [0.29, 0.717) is 18.7 Å². The number of carbonyl (C=O) groups excluding carboxylic acids is 3. The first-order valence-corrected chi connectivity index (χ1v) is 11.1. The van der Waals surface area contributed by atoms with E-state index >= 15 is 0 Å². The van der Waals surface area contributed by atoms with Gasteiger partial charge in [-0.15, -0.1) is 0 Å². The van der Waals surface area contributed by atoms with Crippen LogP contribution >= 0.6 is 0 Å². The van der Waals surface area contributed by atoms with Gasteiger partial charge in [-0.3, -0.25) is 14.9 Å². The largest absolute Gasteiger partial charge is 0.465 e. The summed E-state index contributed by atoms with van der Waals surface area (Å²) in [4.78, 5) is 39.2. The summed E-state index contributed by atoms with van der Waals surface area (Å²) in [6, 6.07) is 20.0. The van der Waals surface area contributed by atoms with E-state index in [-0.39, 0.29) is 25.0 Å². The molecule has 1 unspecified atom stereocenters. The van der Waals surface area contributed by atoms with Crippen molar-refractivity contribution < 1.29 is 19.1 Å². The van der Waals surface area contributed by atoms with E-state index in [4.69, 9.17) is 4.74 Å². The minimum Gasteiger partial charge on any atom is -0.465 e. The third-order valence-corrected chi connectivity index (χ3v) is 5.64. The number of rotatable bonds is 8. The van der Waals surface area contributed by atoms with E-state index < -0.39 is 12.0 Å². The Labute approximate surface area is 192 Å². The van der Waals surface area contributed by atoms with Gasteiger partial charge in [0.1, 0.15) is 6.04 Å². The number of ether oxygens (including phenoxy) is 1. The Bertz CT molecular complexity index is 1170. The summed E-state index contributed by atoms with van der Waals surface area (Å²) in [5, 5.41) is 7.83. The zero-order chi connectivity index (χ0) is 23.2. The van der Waals surface area contributed by atoms with Crippen LogP contribution in [0.5, 0.6) is 0 Å². The number of nitrogens with one attached hydrogen (secondary N) is 2. The molecular weight excluding hydrogens is 418 g/mol. The van der Waals surface area contributed by atoms with Gasteiger partial charge in [-0.05, 0) is 47.9 Å². The fraction of sp³-hybridized carbons (Fsp3) is 0.269. The SMILES string of the molecule is CCOC(=O)C(NCC(=O)Nc1cccc(N2CCCC2=O)c1)c1cccc2ccccc12. The molecule has 1 aliphatic rings. The van der Waals surface area contributed by atoms with Crippen LogP contribution in [0.2, 0.25) is 0 Å². The molecule has 0 bridgehead atoms. The maximum Gasteiger partial charge on any atom is 0.327 e. The summed E-state index contributed by atoms with van der Waals surface area (Å²) >= 11 is 0. The first-order valence-electron chi connectivity index (χ1n) is 11.1. The standard InChI is InChI=1S/C26H27N3O4/c1-2-33-26(32)25(22-13-5-9-18-8-3-4-12-21(18)22)27-17-23(30)28-19-10-6-11-20(16-19)29-15-7-14-24(29)31/h3-6,8-13,16,25,27H,2,7,14-15,17H2,1H3,(H,28,30). The molecule has 2 amide bonds. The summed E-state index contributed by atoms with van der Waals surface area (Å²) in [7, 11) is 0. The lowest BCUT2D eigenvalue weighted by atomic mass is 9.98.